The highest BCUT2D eigenvalue weighted by atomic mass is 79.9. The molecule has 10 heteroatoms. The average molecular weight is 508 g/mol. The van der Waals surface area contributed by atoms with Crippen molar-refractivity contribution in [2.45, 2.75) is 6.92 Å². The highest BCUT2D eigenvalue weighted by Crippen LogP contribution is 2.28. The second kappa shape index (κ2) is 9.76. The Labute approximate surface area is 190 Å². The Morgan fingerprint density at radius 3 is 2.55 bits per heavy atom. The summed E-state index contributed by atoms with van der Waals surface area (Å²) < 4.78 is 11.0. The van der Waals surface area contributed by atoms with Crippen molar-refractivity contribution in [1.29, 1.82) is 0 Å². The molecule has 0 aliphatic carbocycles. The topological polar surface area (TPSA) is 102 Å². The Morgan fingerprint density at radius 2 is 1.87 bits per heavy atom. The summed E-state index contributed by atoms with van der Waals surface area (Å²) in [6.45, 7) is 1.54. The first kappa shape index (κ1) is 22.5. The van der Waals surface area contributed by atoms with Crippen LogP contribution >= 0.6 is 27.5 Å². The number of barbiturate groups is 1. The number of anilines is 1. The first-order valence-electron chi connectivity index (χ1n) is 9.05. The molecule has 0 spiro atoms. The lowest BCUT2D eigenvalue weighted by Gasteiger charge is -2.26. The van der Waals surface area contributed by atoms with Gasteiger partial charge in [-0.1, -0.05) is 27.5 Å². The number of nitrogens with zero attached hydrogens (tertiary/aromatic N) is 1. The smallest absolute Gasteiger partial charge is 0.344 e. The van der Waals surface area contributed by atoms with E-state index in [-0.39, 0.29) is 30.2 Å². The number of rotatable bonds is 6. The molecule has 0 atom stereocenters. The molecule has 3 rings (SSSR count). The number of benzene rings is 2. The zero-order valence-corrected chi connectivity index (χ0v) is 18.5. The number of hydrogen-bond donors (Lipinski definition) is 1. The van der Waals surface area contributed by atoms with E-state index in [1.54, 1.807) is 25.1 Å². The van der Waals surface area contributed by atoms with Crippen molar-refractivity contribution < 1.29 is 28.7 Å². The summed E-state index contributed by atoms with van der Waals surface area (Å²) in [6.07, 6.45) is 1.29. The van der Waals surface area contributed by atoms with Gasteiger partial charge in [-0.25, -0.2) is 14.5 Å². The molecule has 1 heterocycles. The molecule has 0 aromatic heterocycles. The van der Waals surface area contributed by atoms with Gasteiger partial charge < -0.3 is 9.47 Å². The monoisotopic (exact) mass is 506 g/mol. The number of carbonyl (C=O) groups is 4. The first-order chi connectivity index (χ1) is 14.8. The average Bonchev–Trinajstić information content (AvgIpc) is 2.72. The normalized spacial score (nSPS) is 15.1. The van der Waals surface area contributed by atoms with Gasteiger partial charge in [-0.2, -0.15) is 0 Å². The summed E-state index contributed by atoms with van der Waals surface area (Å²) in [5.74, 6) is -1.97. The fourth-order valence-corrected chi connectivity index (χ4v) is 3.25. The van der Waals surface area contributed by atoms with E-state index in [0.29, 0.717) is 15.1 Å². The molecule has 1 aliphatic heterocycles. The zero-order valence-electron chi connectivity index (χ0n) is 16.2. The molecule has 31 heavy (non-hydrogen) atoms. The van der Waals surface area contributed by atoms with Crippen LogP contribution in [0.15, 0.2) is 52.5 Å². The number of amides is 4. The number of imide groups is 2. The van der Waals surface area contributed by atoms with Crippen molar-refractivity contribution in [1.82, 2.24) is 5.32 Å². The van der Waals surface area contributed by atoms with Gasteiger partial charge in [0, 0.05) is 15.1 Å². The largest absolute Gasteiger partial charge is 0.481 e. The van der Waals surface area contributed by atoms with Crippen LogP contribution in [-0.2, 0) is 19.1 Å². The number of urea groups is 1. The van der Waals surface area contributed by atoms with Gasteiger partial charge in [-0.3, -0.25) is 14.9 Å². The molecule has 0 saturated carbocycles. The van der Waals surface area contributed by atoms with Crippen LogP contribution in [0.1, 0.15) is 12.5 Å². The van der Waals surface area contributed by atoms with Crippen molar-refractivity contribution in [2.24, 2.45) is 0 Å². The molecular formula is C21H16BrClN2O6. The van der Waals surface area contributed by atoms with Crippen LogP contribution in [0.4, 0.5) is 10.5 Å². The van der Waals surface area contributed by atoms with Crippen LogP contribution in [0.5, 0.6) is 5.75 Å². The third kappa shape index (κ3) is 5.31. The van der Waals surface area contributed by atoms with Gasteiger partial charge in [0.2, 0.25) is 0 Å². The standard InChI is InChI=1S/C21H16BrClN2O6/c1-2-30-18(26)11-31-17-8-3-13(22)9-12(17)10-16-19(27)24-21(29)25(20(16)28)15-6-4-14(23)5-7-15/h3-10H,2,11H2,1H3,(H,24,27,29)/b16-10+. The molecule has 4 amide bonds. The van der Waals surface area contributed by atoms with E-state index < -0.39 is 23.8 Å². The third-order valence-corrected chi connectivity index (χ3v) is 4.85. The molecule has 2 aromatic carbocycles. The molecule has 1 aliphatic rings. The van der Waals surface area contributed by atoms with Gasteiger partial charge in [0.05, 0.1) is 12.3 Å². The second-order valence-corrected chi connectivity index (χ2v) is 7.56. The lowest BCUT2D eigenvalue weighted by molar-refractivity contribution is -0.145. The Balaban J connectivity index is 1.95. The zero-order chi connectivity index (χ0) is 22.5. The number of nitrogens with one attached hydrogen (secondary N) is 1. The van der Waals surface area contributed by atoms with Gasteiger partial charge in [0.1, 0.15) is 11.3 Å². The lowest BCUT2D eigenvalue weighted by Crippen LogP contribution is -2.54. The Kier molecular flexibility index (Phi) is 7.09. The van der Waals surface area contributed by atoms with Crippen LogP contribution in [0.25, 0.3) is 6.08 Å². The van der Waals surface area contributed by atoms with Crippen molar-refractivity contribution in [2.75, 3.05) is 18.1 Å². The van der Waals surface area contributed by atoms with Crippen molar-refractivity contribution >= 4 is 63.1 Å². The Bertz CT molecular complexity index is 1080. The fourth-order valence-electron chi connectivity index (χ4n) is 2.74. The minimum Gasteiger partial charge on any atom is -0.481 e. The van der Waals surface area contributed by atoms with Gasteiger partial charge in [-0.15, -0.1) is 0 Å². The SMILES string of the molecule is CCOC(=O)COc1ccc(Br)cc1/C=C1\C(=O)NC(=O)N(c2ccc(Cl)cc2)C1=O. The van der Waals surface area contributed by atoms with E-state index in [1.807, 2.05) is 0 Å². The number of esters is 1. The predicted molar refractivity (Wildman–Crippen MR) is 117 cm³/mol. The van der Waals surface area contributed by atoms with Gasteiger partial charge in [-0.05, 0) is 55.5 Å². The van der Waals surface area contributed by atoms with Crippen molar-refractivity contribution in [3.05, 3.63) is 63.1 Å². The molecule has 8 nitrogen and oxygen atoms in total. The number of hydrogen-bond acceptors (Lipinski definition) is 6. The molecule has 1 fully saturated rings. The van der Waals surface area contributed by atoms with Crippen LogP contribution in [0.2, 0.25) is 5.02 Å². The molecule has 0 bridgehead atoms. The van der Waals surface area contributed by atoms with E-state index in [0.717, 1.165) is 4.90 Å². The maximum atomic E-state index is 13.0. The van der Waals surface area contributed by atoms with E-state index >= 15 is 0 Å². The molecular weight excluding hydrogens is 492 g/mol. The molecule has 1 saturated heterocycles. The van der Waals surface area contributed by atoms with E-state index in [2.05, 4.69) is 21.2 Å². The van der Waals surface area contributed by atoms with E-state index in [4.69, 9.17) is 21.1 Å². The van der Waals surface area contributed by atoms with Gasteiger partial charge >= 0.3 is 12.0 Å². The summed E-state index contributed by atoms with van der Waals surface area (Å²) in [6, 6.07) is 10.00. The highest BCUT2D eigenvalue weighted by molar-refractivity contribution is 9.10. The summed E-state index contributed by atoms with van der Waals surface area (Å²) in [5, 5.41) is 2.57. The van der Waals surface area contributed by atoms with Gasteiger partial charge in [0.25, 0.3) is 11.8 Å². The summed E-state index contributed by atoms with van der Waals surface area (Å²) in [7, 11) is 0. The van der Waals surface area contributed by atoms with Gasteiger partial charge in [0.15, 0.2) is 6.61 Å². The molecule has 160 valence electrons. The summed E-state index contributed by atoms with van der Waals surface area (Å²) in [5.41, 5.74) is 0.314. The van der Waals surface area contributed by atoms with E-state index in [9.17, 15) is 19.2 Å². The maximum Gasteiger partial charge on any atom is 0.344 e. The Hall–Kier alpha value is -3.17. The summed E-state index contributed by atoms with van der Waals surface area (Å²) in [4.78, 5) is 50.1. The minimum absolute atomic E-state index is 0.211. The van der Waals surface area contributed by atoms with Crippen LogP contribution < -0.4 is 15.0 Å². The van der Waals surface area contributed by atoms with Crippen molar-refractivity contribution in [3.63, 3.8) is 0 Å². The molecule has 2 aromatic rings. The molecule has 0 unspecified atom stereocenters. The second-order valence-electron chi connectivity index (χ2n) is 6.21. The van der Waals surface area contributed by atoms with Crippen LogP contribution in [0.3, 0.4) is 0 Å². The van der Waals surface area contributed by atoms with Crippen LogP contribution in [0, 0.1) is 0 Å². The quantitative estimate of drug-likeness (QED) is 0.363. The number of ether oxygens (including phenoxy) is 2. The predicted octanol–water partition coefficient (Wildman–Crippen LogP) is 3.71. The van der Waals surface area contributed by atoms with Crippen molar-refractivity contribution in [3.8, 4) is 5.75 Å². The number of halogens is 2. The fraction of sp³-hybridized carbons (Fsp3) is 0.143. The van der Waals surface area contributed by atoms with E-state index in [1.165, 1.54) is 30.3 Å². The number of carbonyl (C=O) groups excluding carboxylic acids is 4. The lowest BCUT2D eigenvalue weighted by atomic mass is 10.1. The highest BCUT2D eigenvalue weighted by Gasteiger charge is 2.37. The van der Waals surface area contributed by atoms with Crippen LogP contribution in [-0.4, -0.2) is 37.0 Å². The maximum absolute atomic E-state index is 13.0. The summed E-state index contributed by atoms with van der Waals surface area (Å²) >= 11 is 9.19. The first-order valence-corrected chi connectivity index (χ1v) is 10.2. The Morgan fingerprint density at radius 1 is 1.16 bits per heavy atom. The molecule has 1 N–H and O–H groups in total. The molecule has 0 radical (unpaired) electrons. The minimum atomic E-state index is -0.873. The third-order valence-electron chi connectivity index (χ3n) is 4.11.